The Balaban J connectivity index is 1.65. The van der Waals surface area contributed by atoms with Crippen LogP contribution in [-0.2, 0) is 6.54 Å². The van der Waals surface area contributed by atoms with E-state index in [1.165, 1.54) is 0 Å². The Morgan fingerprint density at radius 1 is 0.808 bits per heavy atom. The second-order valence-electron chi connectivity index (χ2n) is 6.90. The Labute approximate surface area is 154 Å². The van der Waals surface area contributed by atoms with Crippen LogP contribution in [0.4, 0.5) is 0 Å². The van der Waals surface area contributed by atoms with E-state index in [-0.39, 0.29) is 24.0 Å². The molecule has 26 heavy (non-hydrogen) atoms. The van der Waals surface area contributed by atoms with Crippen molar-refractivity contribution in [3.8, 4) is 0 Å². The van der Waals surface area contributed by atoms with E-state index in [4.69, 9.17) is 0 Å². The summed E-state index contributed by atoms with van der Waals surface area (Å²) in [7, 11) is 0. The maximum Gasteiger partial charge on any atom is 0.256 e. The Kier molecular flexibility index (Phi) is 2.65. The molecule has 0 unspecified atom stereocenters. The molecule has 126 valence electrons. The number of amides is 2. The Hall–Kier alpha value is -2.92. The normalized spacial score (nSPS) is 22.5. The van der Waals surface area contributed by atoms with E-state index in [0.717, 1.165) is 27.1 Å². The molecule has 3 aliphatic heterocycles. The third-order valence-corrected chi connectivity index (χ3v) is 6.60. The minimum absolute atomic E-state index is 0.00385. The maximum atomic E-state index is 13.4. The minimum atomic E-state index is -0.344. The molecule has 2 aromatic carbocycles. The van der Waals surface area contributed by atoms with Crippen molar-refractivity contribution in [2.45, 2.75) is 18.8 Å². The fourth-order valence-electron chi connectivity index (χ4n) is 4.59. The first-order chi connectivity index (χ1) is 12.8. The van der Waals surface area contributed by atoms with Crippen LogP contribution < -0.4 is 0 Å². The van der Waals surface area contributed by atoms with Gasteiger partial charge in [0.1, 0.15) is 6.17 Å². The van der Waals surface area contributed by atoms with Crippen molar-refractivity contribution in [3.63, 3.8) is 0 Å². The van der Waals surface area contributed by atoms with Crippen LogP contribution in [0.1, 0.15) is 54.5 Å². The molecule has 3 aliphatic rings. The molecule has 0 fully saturated rings. The van der Waals surface area contributed by atoms with E-state index in [1.54, 1.807) is 11.3 Å². The number of fused-ring (bicyclic) bond motifs is 9. The molecule has 0 spiro atoms. The smallest absolute Gasteiger partial charge is 0.256 e. The number of carbonyl (C=O) groups excluding carboxylic acids is 2. The third kappa shape index (κ3) is 1.59. The van der Waals surface area contributed by atoms with Crippen molar-refractivity contribution in [3.05, 3.63) is 92.7 Å². The molecule has 1 aromatic heterocycles. The van der Waals surface area contributed by atoms with Gasteiger partial charge < -0.3 is 9.80 Å². The summed E-state index contributed by atoms with van der Waals surface area (Å²) in [5.41, 5.74) is 4.57. The standard InChI is InChI=1S/C21H14N2O2S/c24-20-15-8-4-2-6-13(15)19-22(20)11-17-16(9-10-26-17)18-12-5-1-3-7-14(12)21(25)23(18)19/h1-10,18-19H,11H2/t18-,19+/m0/s1. The van der Waals surface area contributed by atoms with Gasteiger partial charge in [-0.2, -0.15) is 0 Å². The summed E-state index contributed by atoms with van der Waals surface area (Å²) in [6, 6.07) is 17.5. The SMILES string of the molecule is O=C1c2ccccc2[C@@H]2N1Cc1sccc1[C@@H]1c3ccccc3C(=O)N12. The molecule has 0 aliphatic carbocycles. The van der Waals surface area contributed by atoms with Crippen LogP contribution in [-0.4, -0.2) is 21.6 Å². The van der Waals surface area contributed by atoms with Crippen LogP contribution >= 0.6 is 11.3 Å². The monoisotopic (exact) mass is 358 g/mol. The molecule has 2 amide bonds. The van der Waals surface area contributed by atoms with Crippen molar-refractivity contribution < 1.29 is 9.59 Å². The lowest BCUT2D eigenvalue weighted by atomic mass is 9.98. The van der Waals surface area contributed by atoms with Crippen LogP contribution in [0.2, 0.25) is 0 Å². The van der Waals surface area contributed by atoms with Gasteiger partial charge in [0.15, 0.2) is 0 Å². The van der Waals surface area contributed by atoms with Gasteiger partial charge in [-0.3, -0.25) is 9.59 Å². The number of hydrogen-bond acceptors (Lipinski definition) is 3. The quantitative estimate of drug-likeness (QED) is 0.610. The zero-order chi connectivity index (χ0) is 17.4. The Morgan fingerprint density at radius 2 is 1.50 bits per heavy atom. The van der Waals surface area contributed by atoms with Crippen LogP contribution in [0, 0.1) is 0 Å². The molecular formula is C21H14N2O2S. The van der Waals surface area contributed by atoms with Gasteiger partial charge in [0.25, 0.3) is 11.8 Å². The number of thiophene rings is 1. The fourth-order valence-corrected chi connectivity index (χ4v) is 5.50. The summed E-state index contributed by atoms with van der Waals surface area (Å²) >= 11 is 1.66. The maximum absolute atomic E-state index is 13.4. The van der Waals surface area contributed by atoms with Crippen LogP contribution in [0.25, 0.3) is 0 Å². The molecule has 3 aromatic rings. The molecule has 2 atom stereocenters. The lowest BCUT2D eigenvalue weighted by Crippen LogP contribution is -2.39. The van der Waals surface area contributed by atoms with E-state index in [9.17, 15) is 9.59 Å². The predicted molar refractivity (Wildman–Crippen MR) is 97.8 cm³/mol. The molecule has 4 nitrogen and oxygen atoms in total. The molecule has 0 N–H and O–H groups in total. The van der Waals surface area contributed by atoms with Crippen molar-refractivity contribution in [1.29, 1.82) is 0 Å². The topological polar surface area (TPSA) is 40.6 Å². The summed E-state index contributed by atoms with van der Waals surface area (Å²) < 4.78 is 0. The van der Waals surface area contributed by atoms with E-state index in [0.29, 0.717) is 12.1 Å². The highest BCUT2D eigenvalue weighted by Gasteiger charge is 2.51. The van der Waals surface area contributed by atoms with Crippen molar-refractivity contribution >= 4 is 23.2 Å². The summed E-state index contributed by atoms with van der Waals surface area (Å²) in [5, 5.41) is 2.06. The number of nitrogens with zero attached hydrogens (tertiary/aromatic N) is 2. The number of rotatable bonds is 0. The van der Waals surface area contributed by atoms with Gasteiger partial charge in [0.05, 0.1) is 12.6 Å². The van der Waals surface area contributed by atoms with E-state index < -0.39 is 0 Å². The van der Waals surface area contributed by atoms with Crippen LogP contribution in [0.5, 0.6) is 0 Å². The second kappa shape index (κ2) is 4.83. The molecule has 4 heterocycles. The van der Waals surface area contributed by atoms with Crippen molar-refractivity contribution in [1.82, 2.24) is 9.80 Å². The third-order valence-electron chi connectivity index (χ3n) is 5.68. The largest absolute Gasteiger partial charge is 0.309 e. The average molecular weight is 358 g/mol. The zero-order valence-corrected chi connectivity index (χ0v) is 14.6. The van der Waals surface area contributed by atoms with Gasteiger partial charge in [-0.15, -0.1) is 11.3 Å². The number of carbonyl (C=O) groups is 2. The predicted octanol–water partition coefficient (Wildman–Crippen LogP) is 3.96. The van der Waals surface area contributed by atoms with E-state index in [1.807, 2.05) is 58.3 Å². The van der Waals surface area contributed by atoms with Crippen LogP contribution in [0.3, 0.4) is 0 Å². The highest BCUT2D eigenvalue weighted by atomic mass is 32.1. The zero-order valence-electron chi connectivity index (χ0n) is 13.8. The highest BCUT2D eigenvalue weighted by molar-refractivity contribution is 7.10. The van der Waals surface area contributed by atoms with Crippen LogP contribution in [0.15, 0.2) is 60.0 Å². The summed E-state index contributed by atoms with van der Waals surface area (Å²) in [6.45, 7) is 0.549. The summed E-state index contributed by atoms with van der Waals surface area (Å²) in [5.74, 6) is 0.0125. The van der Waals surface area contributed by atoms with Crippen molar-refractivity contribution in [2.24, 2.45) is 0 Å². The van der Waals surface area contributed by atoms with E-state index >= 15 is 0 Å². The lowest BCUT2D eigenvalue weighted by molar-refractivity contribution is 0.0303. The summed E-state index contributed by atoms with van der Waals surface area (Å²) in [6.07, 6.45) is -0.344. The molecule has 0 saturated carbocycles. The molecule has 0 radical (unpaired) electrons. The average Bonchev–Trinajstić information content (AvgIpc) is 3.28. The Morgan fingerprint density at radius 3 is 2.31 bits per heavy atom. The van der Waals surface area contributed by atoms with Gasteiger partial charge in [-0.05, 0) is 34.7 Å². The minimum Gasteiger partial charge on any atom is -0.309 e. The molecule has 0 bridgehead atoms. The Bertz CT molecular complexity index is 1100. The van der Waals surface area contributed by atoms with Crippen molar-refractivity contribution in [2.75, 3.05) is 0 Å². The van der Waals surface area contributed by atoms with E-state index in [2.05, 4.69) is 11.4 Å². The van der Waals surface area contributed by atoms with Gasteiger partial charge in [0, 0.05) is 21.6 Å². The van der Waals surface area contributed by atoms with Gasteiger partial charge >= 0.3 is 0 Å². The van der Waals surface area contributed by atoms with Gasteiger partial charge in [0.2, 0.25) is 0 Å². The number of benzene rings is 2. The van der Waals surface area contributed by atoms with Gasteiger partial charge in [-0.1, -0.05) is 36.4 Å². The van der Waals surface area contributed by atoms with Gasteiger partial charge in [-0.25, -0.2) is 0 Å². The molecule has 5 heteroatoms. The highest BCUT2D eigenvalue weighted by Crippen LogP contribution is 2.51. The first-order valence-electron chi connectivity index (χ1n) is 8.63. The first kappa shape index (κ1) is 14.3. The first-order valence-corrected chi connectivity index (χ1v) is 9.51. The molecular weight excluding hydrogens is 344 g/mol. The second-order valence-corrected chi connectivity index (χ2v) is 7.90. The molecule has 6 rings (SSSR count). The summed E-state index contributed by atoms with van der Waals surface area (Å²) in [4.78, 5) is 31.4. The fraction of sp³-hybridized carbons (Fsp3) is 0.143. The molecule has 0 saturated heterocycles. The lowest BCUT2D eigenvalue weighted by Gasteiger charge is -2.34. The number of hydrogen-bond donors (Lipinski definition) is 0.